The molecule has 0 bridgehead atoms. The number of aromatic nitrogens is 3. The van der Waals surface area contributed by atoms with E-state index >= 15 is 0 Å². The van der Waals surface area contributed by atoms with Gasteiger partial charge in [0.2, 0.25) is 5.91 Å². The van der Waals surface area contributed by atoms with Crippen LogP contribution in [0.5, 0.6) is 0 Å². The summed E-state index contributed by atoms with van der Waals surface area (Å²) in [5.74, 6) is 0.128. The molecule has 3 rings (SSSR count). The zero-order chi connectivity index (χ0) is 12.5. The van der Waals surface area contributed by atoms with Gasteiger partial charge in [-0.2, -0.15) is 17.7 Å². The number of hydrogen-bond acceptors (Lipinski definition) is 4. The minimum absolute atomic E-state index is 0.128. The van der Waals surface area contributed by atoms with Crippen molar-refractivity contribution >= 4 is 24.2 Å². The highest BCUT2D eigenvalue weighted by molar-refractivity contribution is 7.81. The standard InChI is InChI=1S/C12H12N4OS/c17-12-5-11(18)6-15(12)9-1-3-10(4-2-9)16-8-13-7-14-16/h1-4,7-8,11,18H,5-6H2. The van der Waals surface area contributed by atoms with Crippen molar-refractivity contribution in [3.8, 4) is 5.69 Å². The fourth-order valence-electron chi connectivity index (χ4n) is 2.07. The van der Waals surface area contributed by atoms with Gasteiger partial charge in [-0.05, 0) is 24.3 Å². The van der Waals surface area contributed by atoms with E-state index in [0.29, 0.717) is 13.0 Å². The molecule has 1 aromatic carbocycles. The molecule has 0 spiro atoms. The summed E-state index contributed by atoms with van der Waals surface area (Å²) in [6.45, 7) is 0.671. The Morgan fingerprint density at radius 2 is 1.94 bits per heavy atom. The second-order valence-corrected chi connectivity index (χ2v) is 4.95. The van der Waals surface area contributed by atoms with Gasteiger partial charge >= 0.3 is 0 Å². The van der Waals surface area contributed by atoms with Gasteiger partial charge in [0.15, 0.2) is 0 Å². The second-order valence-electron chi connectivity index (χ2n) is 4.22. The smallest absolute Gasteiger partial charge is 0.228 e. The molecular formula is C12H12N4OS. The predicted molar refractivity (Wildman–Crippen MR) is 71.1 cm³/mol. The molecule has 1 saturated heterocycles. The molecule has 6 heteroatoms. The molecule has 18 heavy (non-hydrogen) atoms. The lowest BCUT2D eigenvalue weighted by Gasteiger charge is -2.16. The fourth-order valence-corrected chi connectivity index (χ4v) is 2.38. The molecule has 1 aliphatic heterocycles. The zero-order valence-electron chi connectivity index (χ0n) is 9.60. The minimum atomic E-state index is 0.128. The molecule has 2 heterocycles. The van der Waals surface area contributed by atoms with Gasteiger partial charge in [-0.15, -0.1) is 0 Å². The average molecular weight is 260 g/mol. The Morgan fingerprint density at radius 1 is 1.22 bits per heavy atom. The Labute approximate surface area is 110 Å². The van der Waals surface area contributed by atoms with Gasteiger partial charge in [-0.1, -0.05) is 0 Å². The van der Waals surface area contributed by atoms with Gasteiger partial charge in [-0.3, -0.25) is 4.79 Å². The Kier molecular flexibility index (Phi) is 2.79. The summed E-state index contributed by atoms with van der Waals surface area (Å²) in [5.41, 5.74) is 1.82. The number of rotatable bonds is 2. The second kappa shape index (κ2) is 4.45. The van der Waals surface area contributed by atoms with E-state index in [-0.39, 0.29) is 11.2 Å². The lowest BCUT2D eigenvalue weighted by atomic mass is 10.2. The maximum absolute atomic E-state index is 11.7. The maximum atomic E-state index is 11.7. The predicted octanol–water partition coefficient (Wildman–Crippen LogP) is 1.30. The summed E-state index contributed by atoms with van der Waals surface area (Å²) in [6, 6.07) is 7.67. The van der Waals surface area contributed by atoms with Crippen LogP contribution < -0.4 is 4.90 Å². The Balaban J connectivity index is 1.85. The third-order valence-electron chi connectivity index (χ3n) is 2.95. The van der Waals surface area contributed by atoms with Crippen molar-refractivity contribution in [1.82, 2.24) is 14.8 Å². The normalized spacial score (nSPS) is 19.5. The van der Waals surface area contributed by atoms with E-state index < -0.39 is 0 Å². The summed E-state index contributed by atoms with van der Waals surface area (Å²) in [4.78, 5) is 17.4. The first-order chi connectivity index (χ1) is 8.74. The molecular weight excluding hydrogens is 248 g/mol. The van der Waals surface area contributed by atoms with Crippen molar-refractivity contribution in [3.05, 3.63) is 36.9 Å². The number of carbonyl (C=O) groups excluding carboxylic acids is 1. The Bertz CT molecular complexity index is 552. The average Bonchev–Trinajstić information content (AvgIpc) is 2.99. The topological polar surface area (TPSA) is 51.0 Å². The molecule has 1 atom stereocenters. The fraction of sp³-hybridized carbons (Fsp3) is 0.250. The summed E-state index contributed by atoms with van der Waals surface area (Å²) in [5, 5.41) is 4.19. The van der Waals surface area contributed by atoms with Gasteiger partial charge in [0.1, 0.15) is 12.7 Å². The van der Waals surface area contributed by atoms with Crippen molar-refractivity contribution < 1.29 is 4.79 Å². The van der Waals surface area contributed by atoms with Crippen LogP contribution in [0.15, 0.2) is 36.9 Å². The molecule has 5 nitrogen and oxygen atoms in total. The van der Waals surface area contributed by atoms with Crippen molar-refractivity contribution in [2.24, 2.45) is 0 Å². The van der Waals surface area contributed by atoms with Crippen LogP contribution in [0.2, 0.25) is 0 Å². The molecule has 1 aromatic heterocycles. The molecule has 92 valence electrons. The summed E-state index contributed by atoms with van der Waals surface area (Å²) < 4.78 is 1.68. The number of carbonyl (C=O) groups is 1. The van der Waals surface area contributed by atoms with Crippen molar-refractivity contribution in [2.75, 3.05) is 11.4 Å². The highest BCUT2D eigenvalue weighted by Crippen LogP contribution is 2.24. The first-order valence-corrected chi connectivity index (χ1v) is 6.19. The largest absolute Gasteiger partial charge is 0.311 e. The van der Waals surface area contributed by atoms with Crippen molar-refractivity contribution in [1.29, 1.82) is 0 Å². The van der Waals surface area contributed by atoms with Crippen LogP contribution in [0.1, 0.15) is 6.42 Å². The third kappa shape index (κ3) is 1.99. The molecule has 1 amide bonds. The van der Waals surface area contributed by atoms with E-state index in [1.807, 2.05) is 24.3 Å². The van der Waals surface area contributed by atoms with Gasteiger partial charge in [0.05, 0.1) is 5.69 Å². The van der Waals surface area contributed by atoms with E-state index in [2.05, 4.69) is 22.7 Å². The van der Waals surface area contributed by atoms with E-state index in [0.717, 1.165) is 11.4 Å². The van der Waals surface area contributed by atoms with Gasteiger partial charge in [0.25, 0.3) is 0 Å². The first kappa shape index (κ1) is 11.3. The number of nitrogens with zero attached hydrogens (tertiary/aromatic N) is 4. The monoisotopic (exact) mass is 260 g/mol. The number of amides is 1. The molecule has 0 saturated carbocycles. The first-order valence-electron chi connectivity index (χ1n) is 5.67. The van der Waals surface area contributed by atoms with Crippen LogP contribution in [0, 0.1) is 0 Å². The van der Waals surface area contributed by atoms with Crippen LogP contribution in [0.3, 0.4) is 0 Å². The lowest BCUT2D eigenvalue weighted by molar-refractivity contribution is -0.117. The Morgan fingerprint density at radius 3 is 2.50 bits per heavy atom. The summed E-state index contributed by atoms with van der Waals surface area (Å²) in [6.07, 6.45) is 3.64. The minimum Gasteiger partial charge on any atom is -0.311 e. The van der Waals surface area contributed by atoms with Crippen molar-refractivity contribution in [3.63, 3.8) is 0 Å². The molecule has 0 N–H and O–H groups in total. The number of benzene rings is 1. The van der Waals surface area contributed by atoms with Crippen LogP contribution >= 0.6 is 12.6 Å². The quantitative estimate of drug-likeness (QED) is 0.828. The molecule has 2 aromatic rings. The molecule has 1 aliphatic rings. The van der Waals surface area contributed by atoms with Gasteiger partial charge < -0.3 is 4.90 Å². The lowest BCUT2D eigenvalue weighted by Crippen LogP contribution is -2.24. The number of anilines is 1. The molecule has 1 unspecified atom stereocenters. The van der Waals surface area contributed by atoms with Crippen LogP contribution in [0.4, 0.5) is 5.69 Å². The van der Waals surface area contributed by atoms with Crippen molar-refractivity contribution in [2.45, 2.75) is 11.7 Å². The van der Waals surface area contributed by atoms with E-state index in [4.69, 9.17) is 0 Å². The summed E-state index contributed by atoms with van der Waals surface area (Å²) in [7, 11) is 0. The zero-order valence-corrected chi connectivity index (χ0v) is 10.5. The molecule has 0 radical (unpaired) electrons. The van der Waals surface area contributed by atoms with Gasteiger partial charge in [0, 0.05) is 23.9 Å². The van der Waals surface area contributed by atoms with Crippen LogP contribution in [-0.4, -0.2) is 32.5 Å². The third-order valence-corrected chi connectivity index (χ3v) is 3.30. The highest BCUT2D eigenvalue weighted by Gasteiger charge is 2.28. The Hall–Kier alpha value is -1.82. The number of hydrogen-bond donors (Lipinski definition) is 1. The molecule has 1 fully saturated rings. The van der Waals surface area contributed by atoms with E-state index in [1.165, 1.54) is 6.33 Å². The maximum Gasteiger partial charge on any atom is 0.228 e. The van der Waals surface area contributed by atoms with Gasteiger partial charge in [-0.25, -0.2) is 9.67 Å². The number of thiol groups is 1. The van der Waals surface area contributed by atoms with Crippen LogP contribution in [-0.2, 0) is 4.79 Å². The molecule has 0 aliphatic carbocycles. The SMILES string of the molecule is O=C1CC(S)CN1c1ccc(-n2cncn2)cc1. The van der Waals surface area contributed by atoms with Crippen LogP contribution in [0.25, 0.3) is 5.69 Å². The highest BCUT2D eigenvalue weighted by atomic mass is 32.1. The van der Waals surface area contributed by atoms with E-state index in [1.54, 1.807) is 15.9 Å². The summed E-state index contributed by atoms with van der Waals surface area (Å²) >= 11 is 4.35. The van der Waals surface area contributed by atoms with E-state index in [9.17, 15) is 4.79 Å².